The minimum absolute atomic E-state index is 0.150. The van der Waals surface area contributed by atoms with Gasteiger partial charge in [-0.25, -0.2) is 4.79 Å². The van der Waals surface area contributed by atoms with Crippen molar-refractivity contribution in [2.24, 2.45) is 7.05 Å². The number of aromatic carboxylic acids is 1. The van der Waals surface area contributed by atoms with E-state index in [-0.39, 0.29) is 28.5 Å². The van der Waals surface area contributed by atoms with Gasteiger partial charge in [-0.05, 0) is 67.9 Å². The molecular formula is C23H26N2O4. The number of hydrogen-bond donors (Lipinski definition) is 1. The number of piperidine rings is 1. The molecule has 2 heterocycles. The van der Waals surface area contributed by atoms with Crippen LogP contribution < -0.4 is 5.56 Å². The predicted octanol–water partition coefficient (Wildman–Crippen LogP) is 2.98. The summed E-state index contributed by atoms with van der Waals surface area (Å²) in [5.74, 6) is -0.983. The number of rotatable bonds is 3. The van der Waals surface area contributed by atoms with Crippen LogP contribution in [-0.4, -0.2) is 39.5 Å². The van der Waals surface area contributed by atoms with Crippen LogP contribution in [0.3, 0.4) is 0 Å². The molecule has 152 valence electrons. The molecule has 1 saturated heterocycles. The molecule has 1 aliphatic heterocycles. The van der Waals surface area contributed by atoms with E-state index in [9.17, 15) is 14.4 Å². The monoisotopic (exact) mass is 394 g/mol. The molecule has 1 fully saturated rings. The molecule has 1 aliphatic carbocycles. The summed E-state index contributed by atoms with van der Waals surface area (Å²) in [6, 6.07) is 8.71. The minimum atomic E-state index is -0.944. The Kier molecular flexibility index (Phi) is 5.26. The van der Waals surface area contributed by atoms with Gasteiger partial charge in [0.05, 0.1) is 5.56 Å². The summed E-state index contributed by atoms with van der Waals surface area (Å²) in [6.45, 7) is 1.19. The van der Waals surface area contributed by atoms with Crippen LogP contribution in [0, 0.1) is 0 Å². The van der Waals surface area contributed by atoms with E-state index in [2.05, 4.69) is 0 Å². The average Bonchev–Trinajstić information content (AvgIpc) is 2.76. The normalized spacial score (nSPS) is 18.9. The summed E-state index contributed by atoms with van der Waals surface area (Å²) < 4.78 is 1.66. The average molecular weight is 394 g/mol. The Morgan fingerprint density at radius 3 is 2.52 bits per heavy atom. The fraction of sp³-hybridized carbons (Fsp3) is 0.435. The fourth-order valence-electron chi connectivity index (χ4n) is 4.65. The number of likely N-dealkylation sites (tertiary alicyclic amines) is 1. The summed E-state index contributed by atoms with van der Waals surface area (Å²) in [4.78, 5) is 38.9. The van der Waals surface area contributed by atoms with E-state index >= 15 is 0 Å². The highest BCUT2D eigenvalue weighted by Gasteiger charge is 2.28. The summed E-state index contributed by atoms with van der Waals surface area (Å²) in [5.41, 5.74) is 3.55. The molecule has 29 heavy (non-hydrogen) atoms. The van der Waals surface area contributed by atoms with Crippen molar-refractivity contribution in [2.75, 3.05) is 13.1 Å². The molecule has 0 bridgehead atoms. The first-order valence-corrected chi connectivity index (χ1v) is 10.3. The number of carboxylic acid groups (broad SMARTS) is 1. The highest BCUT2D eigenvalue weighted by Crippen LogP contribution is 2.28. The van der Waals surface area contributed by atoms with Gasteiger partial charge in [-0.3, -0.25) is 9.59 Å². The number of fused-ring (bicyclic) bond motifs is 1. The number of hydrogen-bond acceptors (Lipinski definition) is 3. The molecule has 0 radical (unpaired) electrons. The van der Waals surface area contributed by atoms with Gasteiger partial charge < -0.3 is 14.6 Å². The van der Waals surface area contributed by atoms with Crippen molar-refractivity contribution in [1.29, 1.82) is 0 Å². The molecule has 6 heteroatoms. The van der Waals surface area contributed by atoms with Gasteiger partial charge in [0, 0.05) is 31.7 Å². The second kappa shape index (κ2) is 7.85. The van der Waals surface area contributed by atoms with Crippen molar-refractivity contribution < 1.29 is 14.7 Å². The first kappa shape index (κ1) is 19.4. The SMILES string of the molecule is Cn1c2c(cc(C(=O)N3CCC[C@@H](c4ccc(C(=O)O)cc4)C3)c1=O)CCCC2. The van der Waals surface area contributed by atoms with Crippen LogP contribution >= 0.6 is 0 Å². The van der Waals surface area contributed by atoms with Crippen LogP contribution in [0.2, 0.25) is 0 Å². The number of carbonyl (C=O) groups excluding carboxylic acids is 1. The molecule has 1 amide bonds. The molecular weight excluding hydrogens is 368 g/mol. The summed E-state index contributed by atoms with van der Waals surface area (Å²) >= 11 is 0. The minimum Gasteiger partial charge on any atom is -0.478 e. The lowest BCUT2D eigenvalue weighted by molar-refractivity contribution is 0.0693. The van der Waals surface area contributed by atoms with Gasteiger partial charge >= 0.3 is 5.97 Å². The van der Waals surface area contributed by atoms with E-state index < -0.39 is 5.97 Å². The van der Waals surface area contributed by atoms with Crippen LogP contribution in [-0.2, 0) is 19.9 Å². The Hall–Kier alpha value is -2.89. The molecule has 1 atom stereocenters. The van der Waals surface area contributed by atoms with E-state index in [1.807, 2.05) is 18.2 Å². The molecule has 0 spiro atoms. The Balaban J connectivity index is 1.57. The molecule has 1 aromatic heterocycles. The topological polar surface area (TPSA) is 79.6 Å². The number of aryl methyl sites for hydroxylation is 1. The van der Waals surface area contributed by atoms with Gasteiger partial charge in [0.2, 0.25) is 0 Å². The lowest BCUT2D eigenvalue weighted by atomic mass is 9.89. The Labute approximate surface area is 169 Å². The third kappa shape index (κ3) is 3.71. The van der Waals surface area contributed by atoms with Gasteiger partial charge in [0.25, 0.3) is 11.5 Å². The van der Waals surface area contributed by atoms with E-state index in [4.69, 9.17) is 5.11 Å². The molecule has 6 nitrogen and oxygen atoms in total. The van der Waals surface area contributed by atoms with Crippen LogP contribution in [0.15, 0.2) is 35.1 Å². The van der Waals surface area contributed by atoms with E-state index in [0.717, 1.165) is 55.3 Å². The summed E-state index contributed by atoms with van der Waals surface area (Å²) in [7, 11) is 1.77. The van der Waals surface area contributed by atoms with Gasteiger partial charge in [-0.15, -0.1) is 0 Å². The van der Waals surface area contributed by atoms with Crippen LogP contribution in [0.1, 0.15) is 69.1 Å². The maximum atomic E-state index is 13.2. The van der Waals surface area contributed by atoms with E-state index in [1.165, 1.54) is 0 Å². The highest BCUT2D eigenvalue weighted by molar-refractivity contribution is 5.94. The van der Waals surface area contributed by atoms with Gasteiger partial charge in [0.1, 0.15) is 5.56 Å². The molecule has 1 aromatic carbocycles. The maximum Gasteiger partial charge on any atom is 0.335 e. The fourth-order valence-corrected chi connectivity index (χ4v) is 4.65. The standard InChI is InChI=1S/C23H26N2O4/c1-24-20-7-3-2-5-17(20)13-19(21(24)26)22(27)25-12-4-6-18(14-25)15-8-10-16(11-9-15)23(28)29/h8-11,13,18H,2-7,12,14H2,1H3,(H,28,29)/t18-/m1/s1. The number of carboxylic acids is 1. The van der Waals surface area contributed by atoms with Gasteiger partial charge in [-0.1, -0.05) is 12.1 Å². The van der Waals surface area contributed by atoms with Gasteiger partial charge in [0.15, 0.2) is 0 Å². The van der Waals surface area contributed by atoms with Gasteiger partial charge in [-0.2, -0.15) is 0 Å². The number of amides is 1. The number of carbonyl (C=O) groups is 2. The van der Waals surface area contributed by atoms with E-state index in [0.29, 0.717) is 13.1 Å². The Morgan fingerprint density at radius 2 is 1.79 bits per heavy atom. The zero-order chi connectivity index (χ0) is 20.5. The van der Waals surface area contributed by atoms with Crippen LogP contribution in [0.5, 0.6) is 0 Å². The third-order valence-electron chi connectivity index (χ3n) is 6.31. The zero-order valence-electron chi connectivity index (χ0n) is 16.7. The van der Waals surface area contributed by atoms with Crippen LogP contribution in [0.4, 0.5) is 0 Å². The molecule has 2 aliphatic rings. The highest BCUT2D eigenvalue weighted by atomic mass is 16.4. The van der Waals surface area contributed by atoms with Crippen molar-refractivity contribution in [3.63, 3.8) is 0 Å². The molecule has 1 N–H and O–H groups in total. The smallest absolute Gasteiger partial charge is 0.335 e. The summed E-state index contributed by atoms with van der Waals surface area (Å²) in [6.07, 6.45) is 5.80. The molecule has 2 aromatic rings. The number of benzene rings is 1. The van der Waals surface area contributed by atoms with Crippen LogP contribution in [0.25, 0.3) is 0 Å². The molecule has 4 rings (SSSR count). The largest absolute Gasteiger partial charge is 0.478 e. The first-order valence-electron chi connectivity index (χ1n) is 10.3. The Morgan fingerprint density at radius 1 is 1.07 bits per heavy atom. The zero-order valence-corrected chi connectivity index (χ0v) is 16.7. The molecule has 0 unspecified atom stereocenters. The first-order chi connectivity index (χ1) is 14.0. The summed E-state index contributed by atoms with van der Waals surface area (Å²) in [5, 5.41) is 9.08. The van der Waals surface area contributed by atoms with Crippen molar-refractivity contribution in [3.05, 3.63) is 68.6 Å². The molecule has 0 saturated carbocycles. The second-order valence-electron chi connectivity index (χ2n) is 8.12. The van der Waals surface area contributed by atoms with Crippen molar-refractivity contribution in [3.8, 4) is 0 Å². The number of nitrogens with zero attached hydrogens (tertiary/aromatic N) is 2. The number of pyridine rings is 1. The van der Waals surface area contributed by atoms with Crippen molar-refractivity contribution in [2.45, 2.75) is 44.4 Å². The van der Waals surface area contributed by atoms with Crippen molar-refractivity contribution >= 4 is 11.9 Å². The maximum absolute atomic E-state index is 13.2. The quantitative estimate of drug-likeness (QED) is 0.868. The number of aromatic nitrogens is 1. The lowest BCUT2D eigenvalue weighted by Crippen LogP contribution is -2.42. The third-order valence-corrected chi connectivity index (χ3v) is 6.31. The van der Waals surface area contributed by atoms with Crippen molar-refractivity contribution in [1.82, 2.24) is 9.47 Å². The lowest BCUT2D eigenvalue weighted by Gasteiger charge is -2.33. The Bertz CT molecular complexity index is 1010. The predicted molar refractivity (Wildman–Crippen MR) is 110 cm³/mol. The second-order valence-corrected chi connectivity index (χ2v) is 8.12. The van der Waals surface area contributed by atoms with E-state index in [1.54, 1.807) is 28.6 Å².